The molecule has 2 atom stereocenters. The molecule has 0 aromatic heterocycles. The molecule has 1 aliphatic rings. The fourth-order valence-corrected chi connectivity index (χ4v) is 3.81. The van der Waals surface area contributed by atoms with Gasteiger partial charge in [0.2, 0.25) is 0 Å². The summed E-state index contributed by atoms with van der Waals surface area (Å²) in [6.45, 7) is 7.59. The van der Waals surface area contributed by atoms with Gasteiger partial charge in [0.05, 0.1) is 19.1 Å². The minimum atomic E-state index is 0. The Labute approximate surface area is 140 Å². The largest absolute Gasteiger partial charge is 1.00 e. The lowest BCUT2D eigenvalue weighted by atomic mass is 9.99. The van der Waals surface area contributed by atoms with Gasteiger partial charge in [-0.05, 0) is 38.5 Å². The van der Waals surface area contributed by atoms with Crippen LogP contribution in [0, 0.1) is 0 Å². The number of likely N-dealkylation sites (tertiary alicyclic amines) is 1. The number of piperidine rings is 1. The Kier molecular flexibility index (Phi) is 15.3. The van der Waals surface area contributed by atoms with Gasteiger partial charge in [-0.2, -0.15) is 0 Å². The summed E-state index contributed by atoms with van der Waals surface area (Å²) in [5.74, 6) is 0. The predicted octanol–water partition coefficient (Wildman–Crippen LogP) is 1.76. The van der Waals surface area contributed by atoms with Crippen molar-refractivity contribution in [2.75, 3.05) is 13.1 Å². The first-order chi connectivity index (χ1) is 9.88. The van der Waals surface area contributed by atoms with Gasteiger partial charge in [-0.1, -0.05) is 65.2 Å². The Bertz CT molecular complexity index is 208. The summed E-state index contributed by atoms with van der Waals surface area (Å²) in [5, 5.41) is 0. The summed E-state index contributed by atoms with van der Waals surface area (Å²) in [6, 6.07) is 0.988. The number of halogens is 1. The van der Waals surface area contributed by atoms with Crippen molar-refractivity contribution in [2.24, 2.45) is 0 Å². The fraction of sp³-hybridized carbons (Fsp3) is 1.00. The second kappa shape index (κ2) is 15.2. The van der Waals surface area contributed by atoms with Crippen LogP contribution in [0.1, 0.15) is 104 Å². The van der Waals surface area contributed by atoms with Crippen molar-refractivity contribution >= 4 is 0 Å². The molecule has 1 heterocycles. The molecule has 0 aromatic carbocycles. The number of hydrogen-bond acceptors (Lipinski definition) is 0. The van der Waals surface area contributed by atoms with Crippen molar-refractivity contribution in [1.82, 2.24) is 0 Å². The number of unbranched alkanes of at least 4 members (excludes halogenated alkanes) is 9. The highest BCUT2D eigenvalue weighted by molar-refractivity contribution is 4.59. The standard InChI is InChI=1S/C19H39N.ClH/c1-3-5-6-7-8-9-10-11-12-14-17-20-18-15-13-16-19(20)4-2;/h19H,3-18H2,1-2H3;1H. The van der Waals surface area contributed by atoms with Crippen molar-refractivity contribution in [1.29, 1.82) is 0 Å². The van der Waals surface area contributed by atoms with Crippen molar-refractivity contribution in [3.05, 3.63) is 0 Å². The molecule has 0 saturated carbocycles. The minimum Gasteiger partial charge on any atom is -1.00 e. The van der Waals surface area contributed by atoms with E-state index in [1.54, 1.807) is 0 Å². The molecule has 1 rings (SSSR count). The maximum atomic E-state index is 2.38. The summed E-state index contributed by atoms with van der Waals surface area (Å²) in [7, 11) is 0. The zero-order valence-electron chi connectivity index (χ0n) is 14.8. The van der Waals surface area contributed by atoms with E-state index in [9.17, 15) is 0 Å². The molecule has 1 nitrogen and oxygen atoms in total. The Balaban J connectivity index is 0.00000400. The Morgan fingerprint density at radius 3 is 1.90 bits per heavy atom. The first-order valence-corrected chi connectivity index (χ1v) is 9.73. The van der Waals surface area contributed by atoms with Gasteiger partial charge in [-0.3, -0.25) is 0 Å². The van der Waals surface area contributed by atoms with E-state index in [2.05, 4.69) is 13.8 Å². The van der Waals surface area contributed by atoms with E-state index in [1.165, 1.54) is 103 Å². The fourth-order valence-electron chi connectivity index (χ4n) is 3.81. The number of quaternary nitrogens is 1. The summed E-state index contributed by atoms with van der Waals surface area (Å²) in [5.41, 5.74) is 0. The molecule has 2 heteroatoms. The van der Waals surface area contributed by atoms with Crippen LogP contribution in [-0.4, -0.2) is 19.1 Å². The van der Waals surface area contributed by atoms with Gasteiger partial charge in [0.15, 0.2) is 0 Å². The van der Waals surface area contributed by atoms with Crippen molar-refractivity contribution in [3.8, 4) is 0 Å². The SMILES string of the molecule is CCCCCCCCCCCC[NH+]1CCCCC1CC.[Cl-]. The van der Waals surface area contributed by atoms with Crippen LogP contribution in [0.15, 0.2) is 0 Å². The maximum Gasteiger partial charge on any atom is 0.0872 e. The molecule has 128 valence electrons. The normalized spacial score (nSPS) is 22.0. The van der Waals surface area contributed by atoms with Gasteiger partial charge in [-0.25, -0.2) is 0 Å². The van der Waals surface area contributed by atoms with Gasteiger partial charge in [0, 0.05) is 0 Å². The van der Waals surface area contributed by atoms with E-state index in [1.807, 2.05) is 4.90 Å². The van der Waals surface area contributed by atoms with E-state index in [4.69, 9.17) is 0 Å². The van der Waals surface area contributed by atoms with Gasteiger partial charge in [-0.15, -0.1) is 0 Å². The summed E-state index contributed by atoms with van der Waals surface area (Å²) in [6.07, 6.45) is 20.5. The molecule has 1 fully saturated rings. The van der Waals surface area contributed by atoms with Crippen molar-refractivity contribution in [2.45, 2.75) is 110 Å². The smallest absolute Gasteiger partial charge is 0.0872 e. The van der Waals surface area contributed by atoms with Crippen LogP contribution in [0.25, 0.3) is 0 Å². The van der Waals surface area contributed by atoms with Crippen LogP contribution in [0.2, 0.25) is 0 Å². The van der Waals surface area contributed by atoms with Crippen LogP contribution in [0.5, 0.6) is 0 Å². The van der Waals surface area contributed by atoms with Crippen LogP contribution in [0.4, 0.5) is 0 Å². The molecular formula is C19H40ClN. The molecule has 0 amide bonds. The Morgan fingerprint density at radius 1 is 0.762 bits per heavy atom. The summed E-state index contributed by atoms with van der Waals surface area (Å²) >= 11 is 0. The van der Waals surface area contributed by atoms with E-state index in [-0.39, 0.29) is 12.4 Å². The molecule has 2 unspecified atom stereocenters. The van der Waals surface area contributed by atoms with Gasteiger partial charge < -0.3 is 17.3 Å². The lowest BCUT2D eigenvalue weighted by Crippen LogP contribution is -3.16. The third-order valence-electron chi connectivity index (χ3n) is 5.22. The van der Waals surface area contributed by atoms with Crippen molar-refractivity contribution in [3.63, 3.8) is 0 Å². The van der Waals surface area contributed by atoms with Crippen molar-refractivity contribution < 1.29 is 17.3 Å². The third kappa shape index (κ3) is 10.6. The Hall–Kier alpha value is 0.250. The van der Waals surface area contributed by atoms with Crippen LogP contribution < -0.4 is 17.3 Å². The topological polar surface area (TPSA) is 4.44 Å². The lowest BCUT2D eigenvalue weighted by Gasteiger charge is -2.32. The number of nitrogens with one attached hydrogen (secondary N) is 1. The monoisotopic (exact) mass is 317 g/mol. The molecule has 0 aliphatic carbocycles. The second-order valence-corrected chi connectivity index (χ2v) is 6.94. The zero-order valence-corrected chi connectivity index (χ0v) is 15.5. The summed E-state index contributed by atoms with van der Waals surface area (Å²) < 4.78 is 0. The highest BCUT2D eigenvalue weighted by atomic mass is 35.5. The number of hydrogen-bond donors (Lipinski definition) is 1. The molecule has 1 aliphatic heterocycles. The highest BCUT2D eigenvalue weighted by Gasteiger charge is 2.23. The van der Waals surface area contributed by atoms with Crippen LogP contribution in [0.3, 0.4) is 0 Å². The summed E-state index contributed by atoms with van der Waals surface area (Å²) in [4.78, 5) is 1.93. The highest BCUT2D eigenvalue weighted by Crippen LogP contribution is 2.10. The van der Waals surface area contributed by atoms with Crippen LogP contribution in [-0.2, 0) is 0 Å². The predicted molar refractivity (Wildman–Crippen MR) is 90.5 cm³/mol. The Morgan fingerprint density at radius 2 is 1.33 bits per heavy atom. The molecule has 0 spiro atoms. The molecule has 0 radical (unpaired) electrons. The maximum absolute atomic E-state index is 2.38. The molecule has 1 saturated heterocycles. The quantitative estimate of drug-likeness (QED) is 0.523. The van der Waals surface area contributed by atoms with E-state index in [0.29, 0.717) is 0 Å². The zero-order chi connectivity index (χ0) is 14.5. The third-order valence-corrected chi connectivity index (χ3v) is 5.22. The first-order valence-electron chi connectivity index (χ1n) is 9.73. The average Bonchev–Trinajstić information content (AvgIpc) is 2.49. The molecule has 0 bridgehead atoms. The number of rotatable bonds is 12. The minimum absolute atomic E-state index is 0. The lowest BCUT2D eigenvalue weighted by molar-refractivity contribution is -0.931. The average molecular weight is 318 g/mol. The second-order valence-electron chi connectivity index (χ2n) is 6.94. The van der Waals surface area contributed by atoms with E-state index in [0.717, 1.165) is 6.04 Å². The van der Waals surface area contributed by atoms with Gasteiger partial charge in [0.1, 0.15) is 0 Å². The van der Waals surface area contributed by atoms with E-state index < -0.39 is 0 Å². The molecular weight excluding hydrogens is 278 g/mol. The van der Waals surface area contributed by atoms with E-state index >= 15 is 0 Å². The van der Waals surface area contributed by atoms with Gasteiger partial charge >= 0.3 is 0 Å². The molecule has 1 N–H and O–H groups in total. The first kappa shape index (κ1) is 21.2. The van der Waals surface area contributed by atoms with Crippen LogP contribution >= 0.6 is 0 Å². The molecule has 0 aromatic rings. The molecule has 21 heavy (non-hydrogen) atoms. The van der Waals surface area contributed by atoms with Gasteiger partial charge in [0.25, 0.3) is 0 Å².